The molecule has 0 rings (SSSR count). The Hall–Kier alpha value is -0.160. The minimum atomic E-state index is -1.74. The Labute approximate surface area is 66.4 Å². The number of hydrogen-bond acceptors (Lipinski definition) is 4. The topological polar surface area (TPSA) is 69.9 Å². The zero-order valence-electron chi connectivity index (χ0n) is 6.79. The normalized spacial score (nSPS) is 12.0. The Morgan fingerprint density at radius 1 is 1.27 bits per heavy atom. The van der Waals surface area contributed by atoms with Crippen LogP contribution >= 0.6 is 0 Å². The van der Waals surface area contributed by atoms with Crippen LogP contribution in [0.1, 0.15) is 19.8 Å². The van der Waals surface area contributed by atoms with Crippen LogP contribution in [-0.2, 0) is 4.74 Å². The van der Waals surface area contributed by atoms with Crippen molar-refractivity contribution in [2.24, 2.45) is 0 Å². The highest BCUT2D eigenvalue weighted by Gasteiger charge is 2.13. The highest BCUT2D eigenvalue weighted by Crippen LogP contribution is 1.98. The maximum absolute atomic E-state index is 8.76. The van der Waals surface area contributed by atoms with Gasteiger partial charge in [0.1, 0.15) is 0 Å². The molecular formula is C7H16O4. The molecule has 0 aromatic rings. The lowest BCUT2D eigenvalue weighted by Crippen LogP contribution is -2.29. The Balaban J connectivity index is 3.02. The van der Waals surface area contributed by atoms with Gasteiger partial charge in [-0.3, -0.25) is 0 Å². The second-order valence-corrected chi connectivity index (χ2v) is 2.70. The molecule has 0 radical (unpaired) electrons. The maximum Gasteiger partial charge on any atom is 0.183 e. The van der Waals surface area contributed by atoms with E-state index in [0.717, 1.165) is 6.42 Å². The van der Waals surface area contributed by atoms with E-state index >= 15 is 0 Å². The smallest absolute Gasteiger partial charge is 0.183 e. The van der Waals surface area contributed by atoms with Crippen molar-refractivity contribution >= 4 is 0 Å². The third kappa shape index (κ3) is 9.84. The minimum absolute atomic E-state index is 0.0849. The van der Waals surface area contributed by atoms with Gasteiger partial charge in [-0.15, -0.1) is 0 Å². The molecule has 0 spiro atoms. The van der Waals surface area contributed by atoms with E-state index in [2.05, 4.69) is 0 Å². The monoisotopic (exact) mass is 164 g/mol. The molecule has 0 aliphatic heterocycles. The number of ether oxygens (including phenoxy) is 1. The second-order valence-electron chi connectivity index (χ2n) is 2.70. The molecule has 0 bridgehead atoms. The molecule has 0 aromatic carbocycles. The molecule has 4 nitrogen and oxygen atoms in total. The summed E-state index contributed by atoms with van der Waals surface area (Å²) < 4.78 is 4.89. The van der Waals surface area contributed by atoms with Gasteiger partial charge >= 0.3 is 0 Å². The first-order chi connectivity index (χ1) is 5.06. The van der Waals surface area contributed by atoms with E-state index in [1.165, 1.54) is 6.92 Å². The standard InChI is InChI=1S/C7H16O4/c1-7(9,10)6-11-5-3-2-4-8/h8-10H,2-6H2,1H3. The molecule has 0 aliphatic carbocycles. The van der Waals surface area contributed by atoms with Gasteiger partial charge in [0.15, 0.2) is 5.79 Å². The van der Waals surface area contributed by atoms with Crippen LogP contribution in [0.4, 0.5) is 0 Å². The van der Waals surface area contributed by atoms with Gasteiger partial charge < -0.3 is 20.1 Å². The van der Waals surface area contributed by atoms with E-state index in [0.29, 0.717) is 13.0 Å². The van der Waals surface area contributed by atoms with Gasteiger partial charge in [0.2, 0.25) is 0 Å². The van der Waals surface area contributed by atoms with Crippen molar-refractivity contribution in [3.05, 3.63) is 0 Å². The molecule has 0 amide bonds. The second kappa shape index (κ2) is 5.49. The first-order valence-corrected chi connectivity index (χ1v) is 3.69. The van der Waals surface area contributed by atoms with Gasteiger partial charge in [0, 0.05) is 13.2 Å². The van der Waals surface area contributed by atoms with Crippen LogP contribution in [-0.4, -0.2) is 40.9 Å². The molecule has 0 saturated carbocycles. The summed E-state index contributed by atoms with van der Waals surface area (Å²) in [4.78, 5) is 0. The first-order valence-electron chi connectivity index (χ1n) is 3.69. The fourth-order valence-electron chi connectivity index (χ4n) is 0.581. The van der Waals surface area contributed by atoms with Gasteiger partial charge in [0.25, 0.3) is 0 Å². The lowest BCUT2D eigenvalue weighted by molar-refractivity contribution is -0.183. The number of hydrogen-bond donors (Lipinski definition) is 3. The van der Waals surface area contributed by atoms with Crippen LogP contribution in [0.2, 0.25) is 0 Å². The molecule has 11 heavy (non-hydrogen) atoms. The Morgan fingerprint density at radius 2 is 1.91 bits per heavy atom. The number of aliphatic hydroxyl groups is 3. The summed E-state index contributed by atoms with van der Waals surface area (Å²) in [5, 5.41) is 25.9. The number of aliphatic hydroxyl groups excluding tert-OH is 1. The van der Waals surface area contributed by atoms with Crippen molar-refractivity contribution in [3.63, 3.8) is 0 Å². The van der Waals surface area contributed by atoms with E-state index in [9.17, 15) is 0 Å². The number of rotatable bonds is 6. The van der Waals surface area contributed by atoms with E-state index in [-0.39, 0.29) is 13.2 Å². The Morgan fingerprint density at radius 3 is 2.36 bits per heavy atom. The highest BCUT2D eigenvalue weighted by atomic mass is 16.6. The summed E-state index contributed by atoms with van der Waals surface area (Å²) >= 11 is 0. The van der Waals surface area contributed by atoms with Gasteiger partial charge in [-0.05, 0) is 19.8 Å². The maximum atomic E-state index is 8.76. The third-order valence-electron chi connectivity index (χ3n) is 1.07. The van der Waals surface area contributed by atoms with Crippen molar-refractivity contribution in [2.45, 2.75) is 25.6 Å². The number of unbranched alkanes of at least 4 members (excludes halogenated alkanes) is 1. The van der Waals surface area contributed by atoms with Gasteiger partial charge in [0.05, 0.1) is 6.61 Å². The molecule has 3 N–H and O–H groups in total. The van der Waals surface area contributed by atoms with E-state index in [4.69, 9.17) is 20.1 Å². The van der Waals surface area contributed by atoms with Crippen LogP contribution in [0, 0.1) is 0 Å². The van der Waals surface area contributed by atoms with Gasteiger partial charge in [-0.1, -0.05) is 0 Å². The lowest BCUT2D eigenvalue weighted by Gasteiger charge is -2.15. The summed E-state index contributed by atoms with van der Waals surface area (Å²) in [6.07, 6.45) is 1.43. The molecule has 0 heterocycles. The summed E-state index contributed by atoms with van der Waals surface area (Å²) in [6, 6.07) is 0. The molecule has 0 fully saturated rings. The minimum Gasteiger partial charge on any atom is -0.396 e. The molecule has 0 unspecified atom stereocenters. The van der Waals surface area contributed by atoms with Crippen LogP contribution in [0.3, 0.4) is 0 Å². The quantitative estimate of drug-likeness (QED) is 0.365. The zero-order chi connectivity index (χ0) is 8.74. The zero-order valence-corrected chi connectivity index (χ0v) is 6.79. The SMILES string of the molecule is CC(O)(O)COCCCCO. The molecule has 0 saturated heterocycles. The summed E-state index contributed by atoms with van der Waals surface area (Å²) in [5.74, 6) is -1.74. The predicted octanol–water partition coefficient (Wildman–Crippen LogP) is -0.524. The lowest BCUT2D eigenvalue weighted by atomic mass is 10.3. The van der Waals surface area contributed by atoms with Crippen molar-refractivity contribution in [1.29, 1.82) is 0 Å². The molecule has 0 aliphatic rings. The van der Waals surface area contributed by atoms with Crippen molar-refractivity contribution in [3.8, 4) is 0 Å². The van der Waals surface area contributed by atoms with Crippen LogP contribution in [0.5, 0.6) is 0 Å². The molecule has 68 valence electrons. The first kappa shape index (κ1) is 10.8. The van der Waals surface area contributed by atoms with Crippen LogP contribution in [0.25, 0.3) is 0 Å². The molecule has 0 aromatic heterocycles. The molecule has 0 atom stereocenters. The summed E-state index contributed by atoms with van der Waals surface area (Å²) in [6.45, 7) is 1.79. The van der Waals surface area contributed by atoms with Crippen LogP contribution < -0.4 is 0 Å². The fraction of sp³-hybridized carbons (Fsp3) is 1.00. The highest BCUT2D eigenvalue weighted by molar-refractivity contribution is 4.52. The third-order valence-corrected chi connectivity index (χ3v) is 1.07. The van der Waals surface area contributed by atoms with Crippen molar-refractivity contribution in [1.82, 2.24) is 0 Å². The fourth-order valence-corrected chi connectivity index (χ4v) is 0.581. The average molecular weight is 164 g/mol. The Bertz CT molecular complexity index is 86.9. The van der Waals surface area contributed by atoms with Crippen LogP contribution in [0.15, 0.2) is 0 Å². The van der Waals surface area contributed by atoms with Crippen molar-refractivity contribution in [2.75, 3.05) is 19.8 Å². The summed E-state index contributed by atoms with van der Waals surface area (Å²) in [7, 11) is 0. The van der Waals surface area contributed by atoms with E-state index in [1.54, 1.807) is 0 Å². The molecular weight excluding hydrogens is 148 g/mol. The predicted molar refractivity (Wildman–Crippen MR) is 40.0 cm³/mol. The van der Waals surface area contributed by atoms with Gasteiger partial charge in [-0.2, -0.15) is 0 Å². The average Bonchev–Trinajstić information content (AvgIpc) is 1.85. The van der Waals surface area contributed by atoms with E-state index in [1.807, 2.05) is 0 Å². The van der Waals surface area contributed by atoms with Gasteiger partial charge in [-0.25, -0.2) is 0 Å². The van der Waals surface area contributed by atoms with Crippen molar-refractivity contribution < 1.29 is 20.1 Å². The Kier molecular flexibility index (Phi) is 5.41. The largest absolute Gasteiger partial charge is 0.396 e. The van der Waals surface area contributed by atoms with E-state index < -0.39 is 5.79 Å². The summed E-state index contributed by atoms with van der Waals surface area (Å²) in [5.41, 5.74) is 0. The molecule has 4 heteroatoms.